The van der Waals surface area contributed by atoms with Crippen molar-refractivity contribution < 1.29 is 14.3 Å². The van der Waals surface area contributed by atoms with Crippen LogP contribution in [0.4, 0.5) is 0 Å². The molecule has 0 aliphatic heterocycles. The van der Waals surface area contributed by atoms with Gasteiger partial charge in [0.05, 0.1) is 5.41 Å². The number of carbonyl (C=O) groups excluding carboxylic acids is 1. The average molecular weight is 258 g/mol. The molecule has 18 heavy (non-hydrogen) atoms. The Bertz CT molecular complexity index is 246. The van der Waals surface area contributed by atoms with Crippen molar-refractivity contribution in [3.8, 4) is 0 Å². The smallest absolute Gasteiger partial charge is 0.313 e. The van der Waals surface area contributed by atoms with Crippen molar-refractivity contribution in [2.45, 2.75) is 73.5 Å². The van der Waals surface area contributed by atoms with E-state index in [0.717, 1.165) is 25.7 Å². The molecule has 0 aliphatic carbocycles. The molecule has 108 valence electrons. The monoisotopic (exact) mass is 258 g/mol. The molecule has 1 atom stereocenters. The molecule has 0 rings (SSSR count). The first-order valence-corrected chi connectivity index (χ1v) is 7.07. The fourth-order valence-electron chi connectivity index (χ4n) is 2.07. The summed E-state index contributed by atoms with van der Waals surface area (Å²) in [5.74, 6) is -0.170. The second-order valence-electron chi connectivity index (χ2n) is 5.63. The molecule has 0 aromatic heterocycles. The first-order valence-electron chi connectivity index (χ1n) is 7.07. The number of hydrogen-bond donors (Lipinski definition) is 0. The van der Waals surface area contributed by atoms with Gasteiger partial charge in [-0.3, -0.25) is 4.79 Å². The summed E-state index contributed by atoms with van der Waals surface area (Å²) in [6, 6.07) is 0. The van der Waals surface area contributed by atoms with Crippen LogP contribution in [0.15, 0.2) is 0 Å². The molecular weight excluding hydrogens is 228 g/mol. The number of esters is 1. The summed E-state index contributed by atoms with van der Waals surface area (Å²) in [5.41, 5.74) is -0.522. The summed E-state index contributed by atoms with van der Waals surface area (Å²) < 4.78 is 11.1. The zero-order valence-electron chi connectivity index (χ0n) is 13.1. The minimum Gasteiger partial charge on any atom is -0.435 e. The number of hydrogen-bond acceptors (Lipinski definition) is 3. The molecule has 0 radical (unpaired) electrons. The van der Waals surface area contributed by atoms with Gasteiger partial charge in [0.15, 0.2) is 0 Å². The molecule has 3 heteroatoms. The fraction of sp³-hybridized carbons (Fsp3) is 0.933. The summed E-state index contributed by atoms with van der Waals surface area (Å²) in [7, 11) is 1.62. The van der Waals surface area contributed by atoms with Crippen LogP contribution in [0.3, 0.4) is 0 Å². The van der Waals surface area contributed by atoms with Gasteiger partial charge < -0.3 is 9.47 Å². The van der Waals surface area contributed by atoms with Crippen LogP contribution < -0.4 is 0 Å². The van der Waals surface area contributed by atoms with Crippen LogP contribution >= 0.6 is 0 Å². The summed E-state index contributed by atoms with van der Waals surface area (Å²) in [4.78, 5) is 12.2. The lowest BCUT2D eigenvalue weighted by Crippen LogP contribution is -2.41. The van der Waals surface area contributed by atoms with Crippen LogP contribution in [0.25, 0.3) is 0 Å². The molecule has 0 N–H and O–H groups in total. The molecular formula is C15H30O3. The molecule has 0 saturated heterocycles. The number of ether oxygens (including phenoxy) is 2. The van der Waals surface area contributed by atoms with Crippen molar-refractivity contribution >= 4 is 5.97 Å². The SMILES string of the molecule is CCC(C)(C)C(=O)OC(OC)C(CC)(CC)CC. The van der Waals surface area contributed by atoms with E-state index in [1.54, 1.807) is 7.11 Å². The molecule has 0 heterocycles. The van der Waals surface area contributed by atoms with E-state index in [1.807, 2.05) is 20.8 Å². The van der Waals surface area contributed by atoms with E-state index in [-0.39, 0.29) is 11.4 Å². The normalized spacial score (nSPS) is 14.4. The fourth-order valence-corrected chi connectivity index (χ4v) is 2.07. The first kappa shape index (κ1) is 17.4. The molecule has 1 unspecified atom stereocenters. The first-order chi connectivity index (χ1) is 8.33. The Labute approximate surface area is 112 Å². The van der Waals surface area contributed by atoms with Gasteiger partial charge >= 0.3 is 5.97 Å². The van der Waals surface area contributed by atoms with E-state index in [9.17, 15) is 4.79 Å². The zero-order chi connectivity index (χ0) is 14.4. The second-order valence-corrected chi connectivity index (χ2v) is 5.63. The molecule has 0 spiro atoms. The number of carbonyl (C=O) groups is 1. The lowest BCUT2D eigenvalue weighted by molar-refractivity contribution is -0.214. The lowest BCUT2D eigenvalue weighted by Gasteiger charge is -2.38. The van der Waals surface area contributed by atoms with Crippen LogP contribution in [0.5, 0.6) is 0 Å². The van der Waals surface area contributed by atoms with E-state index >= 15 is 0 Å². The van der Waals surface area contributed by atoms with Crippen LogP contribution in [0, 0.1) is 10.8 Å². The predicted octanol–water partition coefficient (Wildman–Crippen LogP) is 4.15. The quantitative estimate of drug-likeness (QED) is 0.484. The largest absolute Gasteiger partial charge is 0.435 e. The van der Waals surface area contributed by atoms with Crippen molar-refractivity contribution in [2.75, 3.05) is 7.11 Å². The van der Waals surface area contributed by atoms with E-state index in [1.165, 1.54) is 0 Å². The summed E-state index contributed by atoms with van der Waals surface area (Å²) in [6.07, 6.45) is 3.14. The minimum atomic E-state index is -0.448. The highest BCUT2D eigenvalue weighted by Crippen LogP contribution is 2.37. The third kappa shape index (κ3) is 3.71. The second kappa shape index (κ2) is 7.13. The maximum absolute atomic E-state index is 12.2. The third-order valence-corrected chi connectivity index (χ3v) is 4.48. The van der Waals surface area contributed by atoms with Gasteiger partial charge in [0.25, 0.3) is 0 Å². The van der Waals surface area contributed by atoms with E-state index in [4.69, 9.17) is 9.47 Å². The maximum Gasteiger partial charge on any atom is 0.313 e. The third-order valence-electron chi connectivity index (χ3n) is 4.48. The Hall–Kier alpha value is -0.570. The molecule has 0 amide bonds. The van der Waals surface area contributed by atoms with Gasteiger partial charge in [-0.1, -0.05) is 27.7 Å². The summed E-state index contributed by atoms with van der Waals surface area (Å²) in [6.45, 7) is 12.2. The maximum atomic E-state index is 12.2. The Kier molecular flexibility index (Phi) is 6.90. The van der Waals surface area contributed by atoms with Crippen LogP contribution in [0.2, 0.25) is 0 Å². The Morgan fingerprint density at radius 3 is 1.72 bits per heavy atom. The van der Waals surface area contributed by atoms with Crippen molar-refractivity contribution in [1.82, 2.24) is 0 Å². The Morgan fingerprint density at radius 1 is 1.00 bits per heavy atom. The van der Waals surface area contributed by atoms with Crippen LogP contribution in [-0.2, 0) is 14.3 Å². The number of rotatable bonds is 8. The molecule has 3 nitrogen and oxygen atoms in total. The van der Waals surface area contributed by atoms with Crippen molar-refractivity contribution in [2.24, 2.45) is 10.8 Å². The highest BCUT2D eigenvalue weighted by atomic mass is 16.7. The van der Waals surface area contributed by atoms with Gasteiger partial charge in [-0.2, -0.15) is 0 Å². The average Bonchev–Trinajstić information content (AvgIpc) is 2.39. The van der Waals surface area contributed by atoms with E-state index < -0.39 is 11.7 Å². The molecule has 0 aromatic rings. The van der Waals surface area contributed by atoms with Gasteiger partial charge in [0, 0.05) is 12.5 Å². The summed E-state index contributed by atoms with van der Waals surface area (Å²) >= 11 is 0. The summed E-state index contributed by atoms with van der Waals surface area (Å²) in [5, 5.41) is 0. The molecule has 0 aromatic carbocycles. The van der Waals surface area contributed by atoms with Crippen molar-refractivity contribution in [1.29, 1.82) is 0 Å². The van der Waals surface area contributed by atoms with Crippen LogP contribution in [0.1, 0.15) is 67.2 Å². The van der Waals surface area contributed by atoms with E-state index in [2.05, 4.69) is 20.8 Å². The molecule has 0 aliphatic rings. The zero-order valence-corrected chi connectivity index (χ0v) is 13.1. The van der Waals surface area contributed by atoms with Gasteiger partial charge in [-0.25, -0.2) is 0 Å². The molecule has 0 saturated carbocycles. The van der Waals surface area contributed by atoms with Gasteiger partial charge in [-0.05, 0) is 39.5 Å². The standard InChI is InChI=1S/C15H30O3/c1-8-14(5,6)12(16)18-13(17-7)15(9-2,10-3)11-4/h13H,8-11H2,1-7H3. The lowest BCUT2D eigenvalue weighted by atomic mass is 9.79. The topological polar surface area (TPSA) is 35.5 Å². The predicted molar refractivity (Wildman–Crippen MR) is 74.3 cm³/mol. The molecule has 0 bridgehead atoms. The van der Waals surface area contributed by atoms with Gasteiger partial charge in [0.2, 0.25) is 6.29 Å². The number of methoxy groups -OCH3 is 1. The van der Waals surface area contributed by atoms with Gasteiger partial charge in [-0.15, -0.1) is 0 Å². The molecule has 0 fully saturated rings. The minimum absolute atomic E-state index is 0.0752. The highest BCUT2D eigenvalue weighted by molar-refractivity contribution is 5.75. The van der Waals surface area contributed by atoms with Gasteiger partial charge in [0.1, 0.15) is 0 Å². The Morgan fingerprint density at radius 2 is 1.44 bits per heavy atom. The van der Waals surface area contributed by atoms with Crippen molar-refractivity contribution in [3.05, 3.63) is 0 Å². The Balaban J connectivity index is 4.95. The van der Waals surface area contributed by atoms with Crippen molar-refractivity contribution in [3.63, 3.8) is 0 Å². The highest BCUT2D eigenvalue weighted by Gasteiger charge is 2.39. The van der Waals surface area contributed by atoms with E-state index in [0.29, 0.717) is 0 Å². The van der Waals surface area contributed by atoms with Crippen LogP contribution in [-0.4, -0.2) is 19.4 Å².